The first-order chi connectivity index (χ1) is 8.97. The topological polar surface area (TPSA) is 76.5 Å². The molecule has 6 heteroatoms. The number of rotatable bonds is 2. The lowest BCUT2D eigenvalue weighted by Gasteiger charge is -2.36. The third kappa shape index (κ3) is 1.85. The highest BCUT2D eigenvalue weighted by Gasteiger charge is 2.53. The van der Waals surface area contributed by atoms with E-state index in [0.717, 1.165) is 0 Å². The fourth-order valence-corrected chi connectivity index (χ4v) is 5.86. The number of ether oxygens (including phenoxy) is 1. The highest BCUT2D eigenvalue weighted by molar-refractivity contribution is 7.93. The van der Waals surface area contributed by atoms with E-state index in [0.29, 0.717) is 24.3 Å². The minimum absolute atomic E-state index is 0.244. The lowest BCUT2D eigenvalue weighted by molar-refractivity contribution is 0.0146. The van der Waals surface area contributed by atoms with Gasteiger partial charge in [0, 0.05) is 11.8 Å². The molecule has 0 radical (unpaired) electrons. The highest BCUT2D eigenvalue weighted by Crippen LogP contribution is 2.48. The Morgan fingerprint density at radius 1 is 1.37 bits per heavy atom. The normalized spacial score (nSPS) is 36.1. The number of sulfone groups is 1. The van der Waals surface area contributed by atoms with Crippen molar-refractivity contribution in [2.24, 2.45) is 0 Å². The number of hydrogen-bond acceptors (Lipinski definition) is 5. The molecule has 2 fully saturated rings. The minimum atomic E-state index is -3.05. The number of nitrogens with zero attached hydrogens (tertiary/aromatic N) is 1. The van der Waals surface area contributed by atoms with Crippen LogP contribution in [-0.4, -0.2) is 36.1 Å². The summed E-state index contributed by atoms with van der Waals surface area (Å²) in [7, 11) is -1.55. The number of aliphatic hydroxyl groups is 1. The van der Waals surface area contributed by atoms with E-state index < -0.39 is 25.9 Å². The Morgan fingerprint density at radius 3 is 2.58 bits per heavy atom. The summed E-state index contributed by atoms with van der Waals surface area (Å²) in [5.41, 5.74) is -0.541. The van der Waals surface area contributed by atoms with Crippen molar-refractivity contribution >= 4 is 9.84 Å². The molecule has 104 valence electrons. The Kier molecular flexibility index (Phi) is 2.83. The molecule has 0 spiro atoms. The average Bonchev–Trinajstić information content (AvgIpc) is 2.57. The molecule has 1 aromatic rings. The van der Waals surface area contributed by atoms with E-state index in [1.807, 2.05) is 0 Å². The maximum atomic E-state index is 12.1. The van der Waals surface area contributed by atoms with Crippen molar-refractivity contribution in [1.29, 1.82) is 0 Å². The number of pyridine rings is 1. The molecular weight excluding hydrogens is 266 g/mol. The second-order valence-electron chi connectivity index (χ2n) is 5.41. The van der Waals surface area contributed by atoms with Gasteiger partial charge in [-0.15, -0.1) is 0 Å². The lowest BCUT2D eigenvalue weighted by Crippen LogP contribution is -2.43. The van der Waals surface area contributed by atoms with Crippen LogP contribution in [0, 0.1) is 0 Å². The maximum Gasteiger partial charge on any atom is 0.219 e. The van der Waals surface area contributed by atoms with Crippen LogP contribution in [0.1, 0.15) is 31.2 Å². The molecule has 1 aromatic heterocycles. The van der Waals surface area contributed by atoms with E-state index in [1.54, 1.807) is 18.3 Å². The summed E-state index contributed by atoms with van der Waals surface area (Å²) in [5.74, 6) is 0.378. The summed E-state index contributed by atoms with van der Waals surface area (Å²) in [4.78, 5) is 4.09. The summed E-state index contributed by atoms with van der Waals surface area (Å²) in [6.45, 7) is 0. The molecule has 0 amide bonds. The second kappa shape index (κ2) is 4.18. The first-order valence-corrected chi connectivity index (χ1v) is 8.03. The Balaban J connectivity index is 2.02. The molecule has 3 rings (SSSR count). The monoisotopic (exact) mass is 283 g/mol. The van der Waals surface area contributed by atoms with Crippen molar-refractivity contribution in [2.45, 2.75) is 41.8 Å². The second-order valence-corrected chi connectivity index (χ2v) is 7.92. The Hall–Kier alpha value is -1.14. The van der Waals surface area contributed by atoms with Crippen molar-refractivity contribution in [3.8, 4) is 5.88 Å². The summed E-state index contributed by atoms with van der Waals surface area (Å²) >= 11 is 0. The van der Waals surface area contributed by atoms with E-state index in [4.69, 9.17) is 4.74 Å². The summed E-state index contributed by atoms with van der Waals surface area (Å²) < 4.78 is 29.4. The third-order valence-electron chi connectivity index (χ3n) is 4.34. The molecule has 2 atom stereocenters. The minimum Gasteiger partial charge on any atom is -0.481 e. The average molecular weight is 283 g/mol. The van der Waals surface area contributed by atoms with Gasteiger partial charge in [-0.25, -0.2) is 13.4 Å². The Labute approximate surface area is 112 Å². The summed E-state index contributed by atoms with van der Waals surface area (Å²) in [5, 5.41) is 10.0. The Bertz CT molecular complexity index is 578. The molecule has 0 saturated carbocycles. The van der Waals surface area contributed by atoms with Crippen molar-refractivity contribution in [3.05, 3.63) is 23.9 Å². The quantitative estimate of drug-likeness (QED) is 0.877. The highest BCUT2D eigenvalue weighted by atomic mass is 32.2. The molecule has 0 aromatic carbocycles. The van der Waals surface area contributed by atoms with Gasteiger partial charge in [-0.2, -0.15) is 0 Å². The number of methoxy groups -OCH3 is 1. The van der Waals surface area contributed by atoms with Crippen LogP contribution in [0.5, 0.6) is 5.88 Å². The van der Waals surface area contributed by atoms with E-state index >= 15 is 0 Å². The maximum absolute atomic E-state index is 12.1. The predicted octanol–water partition coefficient (Wildman–Crippen LogP) is 1.02. The number of fused-ring (bicyclic) bond motifs is 2. The van der Waals surface area contributed by atoms with E-state index in [9.17, 15) is 13.5 Å². The van der Waals surface area contributed by atoms with E-state index in [2.05, 4.69) is 4.98 Å². The zero-order valence-corrected chi connectivity index (χ0v) is 11.6. The zero-order chi connectivity index (χ0) is 13.7. The zero-order valence-electron chi connectivity index (χ0n) is 10.7. The standard InChI is InChI=1S/C13H17NO4S/c1-18-12-11(3-2-6-14-12)13(15)7-9-4-5-10(8-13)19(9,16)17/h2-3,6,9-10,15H,4-5,7-8H2,1H3. The predicted molar refractivity (Wildman–Crippen MR) is 69.6 cm³/mol. The fraction of sp³-hybridized carbons (Fsp3) is 0.615. The molecule has 1 N–H and O–H groups in total. The van der Waals surface area contributed by atoms with E-state index in [1.165, 1.54) is 7.11 Å². The van der Waals surface area contributed by atoms with Crippen LogP contribution < -0.4 is 4.74 Å². The SMILES string of the molecule is COc1ncccc1C1(O)CC2CCC(C1)S2(=O)=O. The van der Waals surface area contributed by atoms with Gasteiger partial charge >= 0.3 is 0 Å². The van der Waals surface area contributed by atoms with Gasteiger partial charge in [0.15, 0.2) is 9.84 Å². The molecule has 2 aliphatic heterocycles. The van der Waals surface area contributed by atoms with Crippen molar-refractivity contribution < 1.29 is 18.3 Å². The molecule has 2 unspecified atom stereocenters. The van der Waals surface area contributed by atoms with Crippen molar-refractivity contribution in [2.75, 3.05) is 7.11 Å². The molecule has 5 nitrogen and oxygen atoms in total. The van der Waals surface area contributed by atoms with Gasteiger partial charge in [0.25, 0.3) is 0 Å². The summed E-state index contributed by atoms with van der Waals surface area (Å²) in [6.07, 6.45) is 3.39. The van der Waals surface area contributed by atoms with Gasteiger partial charge in [0.2, 0.25) is 5.88 Å². The van der Waals surface area contributed by atoms with Crippen LogP contribution in [-0.2, 0) is 15.4 Å². The van der Waals surface area contributed by atoms with Crippen LogP contribution in [0.4, 0.5) is 0 Å². The molecule has 0 aliphatic carbocycles. The smallest absolute Gasteiger partial charge is 0.219 e. The molecule has 2 bridgehead atoms. The van der Waals surface area contributed by atoms with Gasteiger partial charge in [-0.3, -0.25) is 0 Å². The van der Waals surface area contributed by atoms with Gasteiger partial charge in [0.1, 0.15) is 0 Å². The van der Waals surface area contributed by atoms with Gasteiger partial charge < -0.3 is 9.84 Å². The van der Waals surface area contributed by atoms with Crippen LogP contribution in [0.15, 0.2) is 18.3 Å². The molecule has 2 saturated heterocycles. The molecule has 3 heterocycles. The van der Waals surface area contributed by atoms with Crippen LogP contribution >= 0.6 is 0 Å². The molecule has 19 heavy (non-hydrogen) atoms. The first-order valence-electron chi connectivity index (χ1n) is 6.42. The van der Waals surface area contributed by atoms with Crippen LogP contribution in [0.2, 0.25) is 0 Å². The van der Waals surface area contributed by atoms with Gasteiger partial charge in [-0.05, 0) is 37.8 Å². The van der Waals surface area contributed by atoms with Gasteiger partial charge in [0.05, 0.1) is 23.2 Å². The van der Waals surface area contributed by atoms with E-state index in [-0.39, 0.29) is 12.8 Å². The fourth-order valence-electron chi connectivity index (χ4n) is 3.37. The van der Waals surface area contributed by atoms with Crippen molar-refractivity contribution in [1.82, 2.24) is 4.98 Å². The largest absolute Gasteiger partial charge is 0.481 e. The first kappa shape index (κ1) is 12.9. The van der Waals surface area contributed by atoms with Crippen LogP contribution in [0.3, 0.4) is 0 Å². The summed E-state index contributed by atoms with van der Waals surface area (Å²) in [6, 6.07) is 3.50. The molecular formula is C13H17NO4S. The number of aromatic nitrogens is 1. The van der Waals surface area contributed by atoms with Crippen LogP contribution in [0.25, 0.3) is 0 Å². The lowest BCUT2D eigenvalue weighted by atomic mass is 9.86. The van der Waals surface area contributed by atoms with Gasteiger partial charge in [-0.1, -0.05) is 0 Å². The Morgan fingerprint density at radius 2 is 2.00 bits per heavy atom. The van der Waals surface area contributed by atoms with Crippen molar-refractivity contribution in [3.63, 3.8) is 0 Å². The third-order valence-corrected chi connectivity index (χ3v) is 7.00. The number of hydrogen-bond donors (Lipinski definition) is 1. The molecule has 2 aliphatic rings.